The van der Waals surface area contributed by atoms with Gasteiger partial charge in [-0.05, 0) is 17.2 Å². The monoisotopic (exact) mass is 316 g/mol. The van der Waals surface area contributed by atoms with Gasteiger partial charge in [-0.2, -0.15) is 0 Å². The molecule has 0 N–H and O–H groups in total. The van der Waals surface area contributed by atoms with Crippen molar-refractivity contribution >= 4 is 22.9 Å². The zero-order valence-electron chi connectivity index (χ0n) is 11.2. The molecule has 1 aromatic carbocycles. The number of ether oxygens (including phenoxy) is 1. The van der Waals surface area contributed by atoms with Gasteiger partial charge in [0.25, 0.3) is 0 Å². The SMILES string of the molecule is Clc1ncc(Cc2ccc(COc3ccccn3)cc2)s1. The van der Waals surface area contributed by atoms with Crippen molar-refractivity contribution in [1.82, 2.24) is 9.97 Å². The van der Waals surface area contributed by atoms with Gasteiger partial charge in [0.05, 0.1) is 0 Å². The Bertz CT molecular complexity index is 698. The van der Waals surface area contributed by atoms with Crippen LogP contribution in [0.3, 0.4) is 0 Å². The maximum atomic E-state index is 5.84. The fraction of sp³-hybridized carbons (Fsp3) is 0.125. The summed E-state index contributed by atoms with van der Waals surface area (Å²) in [6, 6.07) is 14.0. The van der Waals surface area contributed by atoms with E-state index in [9.17, 15) is 0 Å². The van der Waals surface area contributed by atoms with Gasteiger partial charge in [0.1, 0.15) is 6.61 Å². The first kappa shape index (κ1) is 14.0. The lowest BCUT2D eigenvalue weighted by molar-refractivity contribution is 0.294. The summed E-state index contributed by atoms with van der Waals surface area (Å²) < 4.78 is 6.21. The number of rotatable bonds is 5. The van der Waals surface area contributed by atoms with E-state index in [1.54, 1.807) is 6.20 Å². The second-order valence-electron chi connectivity index (χ2n) is 4.53. The van der Waals surface area contributed by atoms with Crippen molar-refractivity contribution in [3.8, 4) is 5.88 Å². The highest BCUT2D eigenvalue weighted by Gasteiger charge is 2.02. The van der Waals surface area contributed by atoms with Crippen molar-refractivity contribution in [2.24, 2.45) is 0 Å². The van der Waals surface area contributed by atoms with Crippen LogP contribution in [0.15, 0.2) is 54.9 Å². The van der Waals surface area contributed by atoms with Crippen LogP contribution in [0.5, 0.6) is 5.88 Å². The lowest BCUT2D eigenvalue weighted by Crippen LogP contribution is -1.97. The summed E-state index contributed by atoms with van der Waals surface area (Å²) in [6.45, 7) is 0.518. The van der Waals surface area contributed by atoms with Crippen molar-refractivity contribution in [3.05, 3.63) is 75.3 Å². The van der Waals surface area contributed by atoms with Crippen LogP contribution in [0.25, 0.3) is 0 Å². The van der Waals surface area contributed by atoms with E-state index in [1.807, 2.05) is 24.4 Å². The van der Waals surface area contributed by atoms with E-state index in [-0.39, 0.29) is 0 Å². The highest BCUT2D eigenvalue weighted by atomic mass is 35.5. The maximum absolute atomic E-state index is 5.84. The molecule has 2 heterocycles. The number of halogens is 1. The molecule has 0 fully saturated rings. The average molecular weight is 317 g/mol. The van der Waals surface area contributed by atoms with Crippen LogP contribution in [0.4, 0.5) is 0 Å². The summed E-state index contributed by atoms with van der Waals surface area (Å²) in [7, 11) is 0. The molecule has 0 saturated heterocycles. The van der Waals surface area contributed by atoms with E-state index in [1.165, 1.54) is 16.9 Å². The smallest absolute Gasteiger partial charge is 0.213 e. The van der Waals surface area contributed by atoms with Gasteiger partial charge in [-0.25, -0.2) is 9.97 Å². The minimum absolute atomic E-state index is 0.518. The van der Waals surface area contributed by atoms with E-state index < -0.39 is 0 Å². The molecular weight excluding hydrogens is 304 g/mol. The molecule has 0 saturated carbocycles. The van der Waals surface area contributed by atoms with Crippen LogP contribution in [0, 0.1) is 0 Å². The third-order valence-corrected chi connectivity index (χ3v) is 4.07. The van der Waals surface area contributed by atoms with Crippen LogP contribution in [-0.4, -0.2) is 9.97 Å². The third-order valence-electron chi connectivity index (χ3n) is 2.95. The van der Waals surface area contributed by atoms with Gasteiger partial charge in [-0.1, -0.05) is 41.9 Å². The van der Waals surface area contributed by atoms with Gasteiger partial charge >= 0.3 is 0 Å². The van der Waals surface area contributed by atoms with Crippen LogP contribution in [0.2, 0.25) is 4.47 Å². The Labute approximate surface area is 132 Å². The van der Waals surface area contributed by atoms with Gasteiger partial charge in [-0.3, -0.25) is 0 Å². The normalized spacial score (nSPS) is 10.5. The Morgan fingerprint density at radius 1 is 1.00 bits per heavy atom. The predicted molar refractivity (Wildman–Crippen MR) is 84.9 cm³/mol. The van der Waals surface area contributed by atoms with Crippen LogP contribution in [0.1, 0.15) is 16.0 Å². The van der Waals surface area contributed by atoms with Crippen LogP contribution in [-0.2, 0) is 13.0 Å². The minimum atomic E-state index is 0.518. The van der Waals surface area contributed by atoms with Crippen molar-refractivity contribution in [1.29, 1.82) is 0 Å². The molecule has 106 valence electrons. The van der Waals surface area contributed by atoms with Gasteiger partial charge in [-0.15, -0.1) is 11.3 Å². The molecule has 0 atom stereocenters. The maximum Gasteiger partial charge on any atom is 0.213 e. The molecular formula is C16H13ClN2OS. The molecule has 0 aliphatic heterocycles. The number of benzene rings is 1. The molecule has 0 unspecified atom stereocenters. The van der Waals surface area contributed by atoms with Crippen molar-refractivity contribution in [2.75, 3.05) is 0 Å². The second-order valence-corrected chi connectivity index (χ2v) is 6.23. The van der Waals surface area contributed by atoms with E-state index in [4.69, 9.17) is 16.3 Å². The number of thiazole rings is 1. The number of aromatic nitrogens is 2. The first-order valence-corrected chi connectivity index (χ1v) is 7.71. The van der Waals surface area contributed by atoms with E-state index >= 15 is 0 Å². The number of hydrogen-bond donors (Lipinski definition) is 0. The first-order chi connectivity index (χ1) is 10.3. The fourth-order valence-electron chi connectivity index (χ4n) is 1.91. The lowest BCUT2D eigenvalue weighted by Gasteiger charge is -2.06. The quantitative estimate of drug-likeness (QED) is 0.701. The Kier molecular flexibility index (Phi) is 4.48. The first-order valence-electron chi connectivity index (χ1n) is 6.51. The summed E-state index contributed by atoms with van der Waals surface area (Å²) in [5.41, 5.74) is 2.35. The fourth-order valence-corrected chi connectivity index (χ4v) is 2.92. The summed E-state index contributed by atoms with van der Waals surface area (Å²) >= 11 is 7.35. The van der Waals surface area contributed by atoms with Crippen LogP contribution < -0.4 is 4.74 Å². The molecule has 3 rings (SSSR count). The van der Waals surface area contributed by atoms with E-state index in [0.29, 0.717) is 17.0 Å². The van der Waals surface area contributed by atoms with Gasteiger partial charge < -0.3 is 4.74 Å². The Balaban J connectivity index is 1.59. The zero-order chi connectivity index (χ0) is 14.5. The summed E-state index contributed by atoms with van der Waals surface area (Å²) in [5, 5.41) is 0. The largest absolute Gasteiger partial charge is 0.473 e. The molecule has 0 spiro atoms. The number of hydrogen-bond acceptors (Lipinski definition) is 4. The molecule has 0 amide bonds. The molecule has 3 aromatic rings. The number of pyridine rings is 1. The molecule has 0 radical (unpaired) electrons. The molecule has 21 heavy (non-hydrogen) atoms. The highest BCUT2D eigenvalue weighted by Crippen LogP contribution is 2.21. The third kappa shape index (κ3) is 4.03. The summed E-state index contributed by atoms with van der Waals surface area (Å²) in [6.07, 6.45) is 4.40. The predicted octanol–water partition coefficient (Wildman–Crippen LogP) is 4.36. The van der Waals surface area contributed by atoms with E-state index in [2.05, 4.69) is 34.2 Å². The van der Waals surface area contributed by atoms with Gasteiger partial charge in [0, 0.05) is 29.8 Å². The van der Waals surface area contributed by atoms with Crippen molar-refractivity contribution < 1.29 is 4.74 Å². The molecule has 3 nitrogen and oxygen atoms in total. The molecule has 0 aliphatic carbocycles. The highest BCUT2D eigenvalue weighted by molar-refractivity contribution is 7.15. The Morgan fingerprint density at radius 3 is 2.48 bits per heavy atom. The van der Waals surface area contributed by atoms with Crippen molar-refractivity contribution in [3.63, 3.8) is 0 Å². The zero-order valence-corrected chi connectivity index (χ0v) is 12.8. The summed E-state index contributed by atoms with van der Waals surface area (Å²) in [5.74, 6) is 0.640. The van der Waals surface area contributed by atoms with Gasteiger partial charge in [0.2, 0.25) is 5.88 Å². The lowest BCUT2D eigenvalue weighted by atomic mass is 10.1. The minimum Gasteiger partial charge on any atom is -0.473 e. The Morgan fingerprint density at radius 2 is 1.81 bits per heavy atom. The average Bonchev–Trinajstić information content (AvgIpc) is 2.93. The number of nitrogens with zero attached hydrogens (tertiary/aromatic N) is 2. The second kappa shape index (κ2) is 6.70. The van der Waals surface area contributed by atoms with Crippen molar-refractivity contribution in [2.45, 2.75) is 13.0 Å². The Hall–Kier alpha value is -1.91. The summed E-state index contributed by atoms with van der Waals surface area (Å²) in [4.78, 5) is 9.34. The topological polar surface area (TPSA) is 35.0 Å². The van der Waals surface area contributed by atoms with Gasteiger partial charge in [0.15, 0.2) is 4.47 Å². The molecule has 2 aromatic heterocycles. The molecule has 5 heteroatoms. The standard InChI is InChI=1S/C16H13ClN2OS/c17-16-19-10-14(21-16)9-12-4-6-13(7-5-12)11-20-15-3-1-2-8-18-15/h1-8,10H,9,11H2. The molecule has 0 bridgehead atoms. The van der Waals surface area contributed by atoms with E-state index in [0.717, 1.165) is 16.9 Å². The molecule has 0 aliphatic rings. The van der Waals surface area contributed by atoms with Crippen LogP contribution >= 0.6 is 22.9 Å².